The summed E-state index contributed by atoms with van der Waals surface area (Å²) in [5.41, 5.74) is 1.97. The van der Waals surface area contributed by atoms with E-state index in [9.17, 15) is 9.59 Å². The Bertz CT molecular complexity index is 1000. The Morgan fingerprint density at radius 3 is 2.61 bits per heavy atom. The van der Waals surface area contributed by atoms with Crippen molar-refractivity contribution in [1.29, 1.82) is 0 Å². The molecule has 1 aliphatic heterocycles. The second-order valence-corrected chi connectivity index (χ2v) is 7.19. The zero-order chi connectivity index (χ0) is 19.5. The monoisotopic (exact) mass is 377 g/mol. The fourth-order valence-corrected chi connectivity index (χ4v) is 3.78. The first kappa shape index (κ1) is 18.3. The van der Waals surface area contributed by atoms with E-state index in [4.69, 9.17) is 0 Å². The number of rotatable bonds is 5. The number of Topliss-reactive ketones (excluding diaryl/α,β-unsaturated/α-hetero) is 1. The van der Waals surface area contributed by atoms with E-state index in [1.165, 1.54) is 6.92 Å². The molecule has 1 fully saturated rings. The number of benzene rings is 1. The Labute approximate surface area is 163 Å². The molecule has 3 heterocycles. The van der Waals surface area contributed by atoms with Gasteiger partial charge >= 0.3 is 0 Å². The lowest BCUT2D eigenvalue weighted by Crippen LogP contribution is -2.39. The molecule has 1 aromatic carbocycles. The third-order valence-corrected chi connectivity index (χ3v) is 5.24. The second-order valence-electron chi connectivity index (χ2n) is 7.19. The number of carbonyl (C=O) groups is 2. The van der Waals surface area contributed by atoms with Crippen LogP contribution in [0.2, 0.25) is 0 Å². The first-order valence-electron chi connectivity index (χ1n) is 9.53. The van der Waals surface area contributed by atoms with Crippen molar-refractivity contribution in [2.24, 2.45) is 0 Å². The lowest BCUT2D eigenvalue weighted by molar-refractivity contribution is -0.117. The second kappa shape index (κ2) is 7.90. The molecule has 0 unspecified atom stereocenters. The molecule has 0 spiro atoms. The number of likely N-dealkylation sites (tertiary alicyclic amines) is 1. The molecule has 0 aliphatic carbocycles. The predicted octanol–water partition coefficient (Wildman–Crippen LogP) is 2.75. The van der Waals surface area contributed by atoms with Crippen LogP contribution in [0.15, 0.2) is 48.7 Å². The third kappa shape index (κ3) is 3.80. The number of piperidine rings is 1. The number of hydrogen-bond donors (Lipinski definition) is 1. The number of anilines is 1. The fraction of sp³-hybridized carbons (Fsp3) is 0.333. The third-order valence-electron chi connectivity index (χ3n) is 5.24. The van der Waals surface area contributed by atoms with Crippen LogP contribution < -0.4 is 5.32 Å². The van der Waals surface area contributed by atoms with E-state index in [0.29, 0.717) is 23.7 Å². The maximum Gasteiger partial charge on any atom is 0.238 e. The van der Waals surface area contributed by atoms with E-state index in [1.807, 2.05) is 34.9 Å². The number of nitrogens with one attached hydrogen (secondary N) is 1. The van der Waals surface area contributed by atoms with E-state index < -0.39 is 0 Å². The summed E-state index contributed by atoms with van der Waals surface area (Å²) < 4.78 is 2.05. The van der Waals surface area contributed by atoms with Gasteiger partial charge in [0.25, 0.3) is 0 Å². The molecule has 0 radical (unpaired) electrons. The van der Waals surface area contributed by atoms with Crippen LogP contribution in [-0.4, -0.2) is 50.8 Å². The Morgan fingerprint density at radius 2 is 1.82 bits per heavy atom. The van der Waals surface area contributed by atoms with Gasteiger partial charge in [-0.1, -0.05) is 18.2 Å². The average Bonchev–Trinajstić information content (AvgIpc) is 3.13. The molecule has 7 nitrogen and oxygen atoms in total. The van der Waals surface area contributed by atoms with E-state index in [2.05, 4.69) is 20.4 Å². The molecule has 1 amide bonds. The molecular weight excluding hydrogens is 354 g/mol. The molecule has 0 saturated carbocycles. The number of carbonyl (C=O) groups excluding carboxylic acids is 2. The lowest BCUT2D eigenvalue weighted by atomic mass is 9.96. The zero-order valence-corrected chi connectivity index (χ0v) is 15.8. The normalized spacial score (nSPS) is 15.6. The van der Waals surface area contributed by atoms with E-state index in [1.54, 1.807) is 18.2 Å². The number of amides is 1. The highest BCUT2D eigenvalue weighted by Crippen LogP contribution is 2.27. The van der Waals surface area contributed by atoms with Gasteiger partial charge in [-0.3, -0.25) is 18.9 Å². The van der Waals surface area contributed by atoms with Gasteiger partial charge in [-0.05, 0) is 57.1 Å². The summed E-state index contributed by atoms with van der Waals surface area (Å²) in [5, 5.41) is 11.5. The van der Waals surface area contributed by atoms with Gasteiger partial charge in [0.15, 0.2) is 11.4 Å². The van der Waals surface area contributed by atoms with Crippen molar-refractivity contribution < 1.29 is 9.59 Å². The Balaban J connectivity index is 1.34. The van der Waals surface area contributed by atoms with Gasteiger partial charge in [0.1, 0.15) is 5.82 Å². The van der Waals surface area contributed by atoms with Crippen LogP contribution in [0.5, 0.6) is 0 Å². The van der Waals surface area contributed by atoms with E-state index >= 15 is 0 Å². The highest BCUT2D eigenvalue weighted by molar-refractivity contribution is 6.04. The van der Waals surface area contributed by atoms with Crippen molar-refractivity contribution in [1.82, 2.24) is 19.5 Å². The number of nitrogens with zero attached hydrogens (tertiary/aromatic N) is 4. The van der Waals surface area contributed by atoms with Crippen molar-refractivity contribution >= 4 is 23.0 Å². The molecule has 1 N–H and O–H groups in total. The smallest absolute Gasteiger partial charge is 0.238 e. The Kier molecular flexibility index (Phi) is 5.16. The lowest BCUT2D eigenvalue weighted by Gasteiger charge is -2.30. The minimum atomic E-state index is -0.0972. The molecule has 3 aromatic rings. The fourth-order valence-electron chi connectivity index (χ4n) is 3.78. The number of aromatic nitrogens is 3. The summed E-state index contributed by atoms with van der Waals surface area (Å²) in [6.07, 6.45) is 3.87. The van der Waals surface area contributed by atoms with Crippen molar-refractivity contribution in [3.05, 3.63) is 60.0 Å². The standard InChI is InChI=1S/C21H23N5O2/c1-15(27)17-6-2-3-7-18(17)22-20(28)14-25-12-9-16(10-13-25)21-24-23-19-8-4-5-11-26(19)21/h2-8,11,16H,9-10,12-14H2,1H3,(H,22,28). The van der Waals surface area contributed by atoms with Crippen LogP contribution in [0, 0.1) is 0 Å². The SMILES string of the molecule is CC(=O)c1ccccc1NC(=O)CN1CCC(c2nnc3ccccn23)CC1. The highest BCUT2D eigenvalue weighted by Gasteiger charge is 2.25. The Hall–Kier alpha value is -3.06. The summed E-state index contributed by atoms with van der Waals surface area (Å²) in [5.74, 6) is 1.18. The quantitative estimate of drug-likeness (QED) is 0.692. The van der Waals surface area contributed by atoms with Crippen LogP contribution in [0.4, 0.5) is 5.69 Å². The van der Waals surface area contributed by atoms with Crippen LogP contribution in [0.3, 0.4) is 0 Å². The molecule has 28 heavy (non-hydrogen) atoms. The van der Waals surface area contributed by atoms with Crippen LogP contribution in [0.25, 0.3) is 5.65 Å². The zero-order valence-electron chi connectivity index (χ0n) is 15.8. The summed E-state index contributed by atoms with van der Waals surface area (Å²) in [4.78, 5) is 26.3. The minimum Gasteiger partial charge on any atom is -0.324 e. The summed E-state index contributed by atoms with van der Waals surface area (Å²) >= 11 is 0. The number of pyridine rings is 1. The molecule has 4 rings (SSSR count). The number of para-hydroxylation sites is 1. The molecule has 0 atom stereocenters. The molecule has 1 saturated heterocycles. The largest absolute Gasteiger partial charge is 0.324 e. The first-order valence-corrected chi connectivity index (χ1v) is 9.53. The van der Waals surface area contributed by atoms with Gasteiger partial charge in [0, 0.05) is 17.7 Å². The Morgan fingerprint density at radius 1 is 1.07 bits per heavy atom. The molecule has 144 valence electrons. The number of ketones is 1. The van der Waals surface area contributed by atoms with E-state index in [0.717, 1.165) is 37.4 Å². The van der Waals surface area contributed by atoms with Gasteiger partial charge in [-0.25, -0.2) is 0 Å². The summed E-state index contributed by atoms with van der Waals surface area (Å²) in [6, 6.07) is 13.0. The molecule has 2 aromatic heterocycles. The molecule has 7 heteroatoms. The minimum absolute atomic E-state index is 0.0581. The first-order chi connectivity index (χ1) is 13.6. The predicted molar refractivity (Wildman–Crippen MR) is 106 cm³/mol. The highest BCUT2D eigenvalue weighted by atomic mass is 16.2. The van der Waals surface area contributed by atoms with Crippen molar-refractivity contribution in [2.45, 2.75) is 25.7 Å². The van der Waals surface area contributed by atoms with Crippen molar-refractivity contribution in [2.75, 3.05) is 25.0 Å². The average molecular weight is 377 g/mol. The van der Waals surface area contributed by atoms with E-state index in [-0.39, 0.29) is 11.7 Å². The molecular formula is C21H23N5O2. The van der Waals surface area contributed by atoms with Gasteiger partial charge in [-0.2, -0.15) is 0 Å². The van der Waals surface area contributed by atoms with Gasteiger partial charge < -0.3 is 5.32 Å². The van der Waals surface area contributed by atoms with Crippen molar-refractivity contribution in [3.63, 3.8) is 0 Å². The maximum atomic E-state index is 12.4. The van der Waals surface area contributed by atoms with Gasteiger partial charge in [0.2, 0.25) is 5.91 Å². The van der Waals surface area contributed by atoms with Crippen LogP contribution in [0.1, 0.15) is 41.9 Å². The maximum absolute atomic E-state index is 12.4. The molecule has 1 aliphatic rings. The molecule has 0 bridgehead atoms. The van der Waals surface area contributed by atoms with Crippen LogP contribution in [-0.2, 0) is 4.79 Å². The summed E-state index contributed by atoms with van der Waals surface area (Å²) in [7, 11) is 0. The summed E-state index contributed by atoms with van der Waals surface area (Å²) in [6.45, 7) is 3.48. The van der Waals surface area contributed by atoms with Crippen LogP contribution >= 0.6 is 0 Å². The van der Waals surface area contributed by atoms with Gasteiger partial charge in [0.05, 0.1) is 12.2 Å². The topological polar surface area (TPSA) is 79.6 Å². The van der Waals surface area contributed by atoms with Crippen molar-refractivity contribution in [3.8, 4) is 0 Å². The number of hydrogen-bond acceptors (Lipinski definition) is 5. The number of fused-ring (bicyclic) bond motifs is 1. The van der Waals surface area contributed by atoms with Gasteiger partial charge in [-0.15, -0.1) is 10.2 Å².